The van der Waals surface area contributed by atoms with Gasteiger partial charge in [-0.2, -0.15) is 0 Å². The molecule has 0 amide bonds. The highest BCUT2D eigenvalue weighted by Crippen LogP contribution is 2.27. The second-order valence-electron chi connectivity index (χ2n) is 2.62. The third kappa shape index (κ3) is 2.66. The van der Waals surface area contributed by atoms with E-state index in [1.807, 2.05) is 12.1 Å². The number of carboxylic acid groups (broad SMARTS) is 1. The lowest BCUT2D eigenvalue weighted by atomic mass is 10.3. The zero-order chi connectivity index (χ0) is 9.84. The SMILES string of the molecule is C[C@H](Sc1ccccc1N)C(=O)[O-]. The van der Waals surface area contributed by atoms with Gasteiger partial charge in [0.05, 0.1) is 5.97 Å². The largest absolute Gasteiger partial charge is 0.549 e. The molecule has 70 valence electrons. The molecule has 0 aliphatic rings. The Bertz CT molecular complexity index is 314. The summed E-state index contributed by atoms with van der Waals surface area (Å²) in [4.78, 5) is 11.2. The molecule has 0 radical (unpaired) electrons. The van der Waals surface area contributed by atoms with Crippen LogP contribution in [0.5, 0.6) is 0 Å². The summed E-state index contributed by atoms with van der Waals surface area (Å²) >= 11 is 1.19. The van der Waals surface area contributed by atoms with E-state index in [-0.39, 0.29) is 0 Å². The maximum atomic E-state index is 10.4. The molecule has 0 heterocycles. The summed E-state index contributed by atoms with van der Waals surface area (Å²) in [6, 6.07) is 7.16. The van der Waals surface area contributed by atoms with E-state index in [0.29, 0.717) is 5.69 Å². The van der Waals surface area contributed by atoms with Gasteiger partial charge in [0.15, 0.2) is 0 Å². The Balaban J connectivity index is 2.74. The summed E-state index contributed by atoms with van der Waals surface area (Å²) in [5.74, 6) is -1.08. The predicted octanol–water partition coefficient (Wildman–Crippen LogP) is 0.499. The second kappa shape index (κ2) is 4.18. The van der Waals surface area contributed by atoms with Gasteiger partial charge in [-0.05, 0) is 19.1 Å². The number of carbonyl (C=O) groups is 1. The number of para-hydroxylation sites is 1. The first-order chi connectivity index (χ1) is 6.11. The van der Waals surface area contributed by atoms with Crippen molar-refractivity contribution in [3.05, 3.63) is 24.3 Å². The quantitative estimate of drug-likeness (QED) is 0.564. The summed E-state index contributed by atoms with van der Waals surface area (Å²) in [6.07, 6.45) is 0. The predicted molar refractivity (Wildman–Crippen MR) is 51.2 cm³/mol. The Morgan fingerprint density at radius 3 is 2.69 bits per heavy atom. The van der Waals surface area contributed by atoms with E-state index in [1.54, 1.807) is 19.1 Å². The van der Waals surface area contributed by atoms with E-state index in [4.69, 9.17) is 5.73 Å². The van der Waals surface area contributed by atoms with Gasteiger partial charge in [-0.15, -0.1) is 11.8 Å². The highest BCUT2D eigenvalue weighted by molar-refractivity contribution is 8.00. The molecule has 0 bridgehead atoms. The summed E-state index contributed by atoms with van der Waals surface area (Å²) in [5.41, 5.74) is 6.23. The smallest absolute Gasteiger partial charge is 0.0545 e. The molecule has 0 fully saturated rings. The van der Waals surface area contributed by atoms with Gasteiger partial charge in [-0.1, -0.05) is 12.1 Å². The first-order valence-electron chi connectivity index (χ1n) is 3.83. The molecule has 0 spiro atoms. The molecule has 1 atom stereocenters. The van der Waals surface area contributed by atoms with Gasteiger partial charge in [0.25, 0.3) is 0 Å². The molecule has 0 aliphatic carbocycles. The maximum absolute atomic E-state index is 10.4. The number of nitrogen functional groups attached to an aromatic ring is 1. The van der Waals surface area contributed by atoms with Crippen LogP contribution < -0.4 is 10.8 Å². The molecule has 1 aromatic rings. The van der Waals surface area contributed by atoms with Crippen molar-refractivity contribution in [2.75, 3.05) is 5.73 Å². The number of hydrogen-bond acceptors (Lipinski definition) is 4. The van der Waals surface area contributed by atoms with E-state index in [1.165, 1.54) is 11.8 Å². The van der Waals surface area contributed by atoms with Gasteiger partial charge in [0.2, 0.25) is 0 Å². The lowest BCUT2D eigenvalue weighted by molar-refractivity contribution is -0.304. The van der Waals surface area contributed by atoms with Crippen molar-refractivity contribution in [3.8, 4) is 0 Å². The minimum Gasteiger partial charge on any atom is -0.549 e. The number of nitrogens with two attached hydrogens (primary N) is 1. The number of aliphatic carboxylic acids is 1. The summed E-state index contributed by atoms with van der Waals surface area (Å²) in [7, 11) is 0. The van der Waals surface area contributed by atoms with Crippen LogP contribution in [0.1, 0.15) is 6.92 Å². The highest BCUT2D eigenvalue weighted by atomic mass is 32.2. The Kier molecular flexibility index (Phi) is 3.19. The van der Waals surface area contributed by atoms with E-state index in [9.17, 15) is 9.90 Å². The zero-order valence-corrected chi connectivity index (χ0v) is 8.01. The number of rotatable bonds is 3. The molecular formula is C9H10NO2S-. The number of benzene rings is 1. The molecule has 0 aromatic heterocycles. The maximum Gasteiger partial charge on any atom is 0.0545 e. The second-order valence-corrected chi connectivity index (χ2v) is 4.00. The number of carbonyl (C=O) groups excluding carboxylic acids is 1. The first-order valence-corrected chi connectivity index (χ1v) is 4.71. The molecule has 3 nitrogen and oxygen atoms in total. The van der Waals surface area contributed by atoms with Crippen LogP contribution in [0.4, 0.5) is 5.69 Å². The van der Waals surface area contributed by atoms with Crippen molar-refractivity contribution >= 4 is 23.4 Å². The normalized spacial score (nSPS) is 12.4. The molecule has 13 heavy (non-hydrogen) atoms. The lowest BCUT2D eigenvalue weighted by Gasteiger charge is -2.12. The van der Waals surface area contributed by atoms with E-state index in [0.717, 1.165) is 4.90 Å². The van der Waals surface area contributed by atoms with Gasteiger partial charge < -0.3 is 15.6 Å². The van der Waals surface area contributed by atoms with Gasteiger partial charge in [-0.25, -0.2) is 0 Å². The summed E-state index contributed by atoms with van der Waals surface area (Å²) in [5, 5.41) is 9.86. The van der Waals surface area contributed by atoms with Crippen molar-refractivity contribution in [2.24, 2.45) is 0 Å². The van der Waals surface area contributed by atoms with Crippen LogP contribution >= 0.6 is 11.8 Å². The van der Waals surface area contributed by atoms with Crippen molar-refractivity contribution in [2.45, 2.75) is 17.1 Å². The number of thioether (sulfide) groups is 1. The van der Waals surface area contributed by atoms with Crippen LogP contribution in [0, 0.1) is 0 Å². The van der Waals surface area contributed by atoms with Gasteiger partial charge in [0, 0.05) is 15.8 Å². The van der Waals surface area contributed by atoms with Gasteiger partial charge in [0.1, 0.15) is 0 Å². The average molecular weight is 196 g/mol. The standard InChI is InChI=1S/C9H11NO2S/c1-6(9(11)12)13-8-5-3-2-4-7(8)10/h2-6H,10H2,1H3,(H,11,12)/p-1/t6-/m0/s1. The van der Waals surface area contributed by atoms with Crippen LogP contribution in [-0.4, -0.2) is 11.2 Å². The first kappa shape index (κ1) is 9.92. The monoisotopic (exact) mass is 196 g/mol. The van der Waals surface area contributed by atoms with Crippen molar-refractivity contribution in [3.63, 3.8) is 0 Å². The fourth-order valence-corrected chi connectivity index (χ4v) is 1.66. The minimum atomic E-state index is -1.08. The van der Waals surface area contributed by atoms with Gasteiger partial charge in [-0.3, -0.25) is 0 Å². The molecule has 1 rings (SSSR count). The van der Waals surface area contributed by atoms with E-state index in [2.05, 4.69) is 0 Å². The molecule has 2 N–H and O–H groups in total. The number of anilines is 1. The van der Waals surface area contributed by atoms with Crippen molar-refractivity contribution in [1.29, 1.82) is 0 Å². The van der Waals surface area contributed by atoms with Crippen LogP contribution in [0.3, 0.4) is 0 Å². The zero-order valence-electron chi connectivity index (χ0n) is 7.19. The minimum absolute atomic E-state index is 0.579. The van der Waals surface area contributed by atoms with Crippen LogP contribution in [0.25, 0.3) is 0 Å². The van der Waals surface area contributed by atoms with Crippen LogP contribution in [0.2, 0.25) is 0 Å². The Labute approximate surface area is 80.9 Å². The molecule has 0 saturated carbocycles. The third-order valence-electron chi connectivity index (χ3n) is 1.55. The van der Waals surface area contributed by atoms with Crippen molar-refractivity contribution < 1.29 is 9.90 Å². The number of hydrogen-bond donors (Lipinski definition) is 1. The molecular weight excluding hydrogens is 186 g/mol. The molecule has 0 unspecified atom stereocenters. The third-order valence-corrected chi connectivity index (χ3v) is 2.73. The highest BCUT2D eigenvalue weighted by Gasteiger charge is 2.06. The molecule has 4 heteroatoms. The molecule has 0 aliphatic heterocycles. The Morgan fingerprint density at radius 1 is 1.54 bits per heavy atom. The Morgan fingerprint density at radius 2 is 2.15 bits per heavy atom. The summed E-state index contributed by atoms with van der Waals surface area (Å²) in [6.45, 7) is 1.58. The summed E-state index contributed by atoms with van der Waals surface area (Å²) < 4.78 is 0. The molecule has 0 saturated heterocycles. The topological polar surface area (TPSA) is 66.2 Å². The van der Waals surface area contributed by atoms with Crippen molar-refractivity contribution in [1.82, 2.24) is 0 Å². The van der Waals surface area contributed by atoms with Crippen LogP contribution in [0.15, 0.2) is 29.2 Å². The van der Waals surface area contributed by atoms with Crippen LogP contribution in [-0.2, 0) is 4.79 Å². The Hall–Kier alpha value is -1.16. The average Bonchev–Trinajstić information content (AvgIpc) is 2.08. The number of carboxylic acids is 1. The van der Waals surface area contributed by atoms with E-state index < -0.39 is 11.2 Å². The van der Waals surface area contributed by atoms with E-state index >= 15 is 0 Å². The van der Waals surface area contributed by atoms with Gasteiger partial charge >= 0.3 is 0 Å². The fraction of sp³-hybridized carbons (Fsp3) is 0.222. The fourth-order valence-electron chi connectivity index (χ4n) is 0.826. The molecule has 1 aromatic carbocycles. The lowest BCUT2D eigenvalue weighted by Crippen LogP contribution is -2.31.